The van der Waals surface area contributed by atoms with Gasteiger partial charge in [0.05, 0.1) is 34.2 Å². The van der Waals surface area contributed by atoms with Crippen molar-refractivity contribution in [2.75, 3.05) is 20.8 Å². The number of nitro groups is 1. The van der Waals surface area contributed by atoms with E-state index in [1.54, 1.807) is 92.0 Å². The van der Waals surface area contributed by atoms with Crippen LogP contribution in [-0.2, 0) is 19.1 Å². The molecule has 60 heavy (non-hydrogen) atoms. The van der Waals surface area contributed by atoms with Crippen molar-refractivity contribution in [2.45, 2.75) is 13.0 Å². The van der Waals surface area contributed by atoms with Crippen LogP contribution in [0.25, 0.3) is 10.9 Å². The summed E-state index contributed by atoms with van der Waals surface area (Å²) >= 11 is 29.6. The van der Waals surface area contributed by atoms with Crippen molar-refractivity contribution in [3.05, 3.63) is 150 Å². The van der Waals surface area contributed by atoms with Crippen LogP contribution in [0.1, 0.15) is 17.3 Å². The number of esters is 2. The number of aromatic nitrogens is 1. The Morgan fingerprint density at radius 2 is 1.28 bits per heavy atom. The number of aliphatic carboxylic acids is 1. The van der Waals surface area contributed by atoms with Crippen molar-refractivity contribution < 1.29 is 52.8 Å². The Labute approximate surface area is 367 Å². The molecule has 0 bridgehead atoms. The Hall–Kier alpha value is -6.03. The highest BCUT2D eigenvalue weighted by Gasteiger charge is 2.22. The maximum atomic E-state index is 11.6. The molecule has 5 aromatic carbocycles. The van der Waals surface area contributed by atoms with E-state index in [0.717, 1.165) is 18.6 Å². The lowest BCUT2D eigenvalue weighted by Gasteiger charge is -2.13. The Kier molecular flexibility index (Phi) is 17.4. The van der Waals surface area contributed by atoms with Crippen LogP contribution in [0, 0.1) is 10.1 Å². The number of pyridine rings is 1. The lowest BCUT2D eigenvalue weighted by atomic mass is 10.1. The van der Waals surface area contributed by atoms with E-state index < -0.39 is 35.5 Å². The zero-order chi connectivity index (χ0) is 43.9. The minimum absolute atomic E-state index is 0.204. The average molecular weight is 921 g/mol. The van der Waals surface area contributed by atoms with Crippen molar-refractivity contribution in [1.82, 2.24) is 4.98 Å². The number of carbonyl (C=O) groups is 3. The van der Waals surface area contributed by atoms with Crippen molar-refractivity contribution in [3.8, 4) is 34.5 Å². The molecule has 1 heterocycles. The summed E-state index contributed by atoms with van der Waals surface area (Å²) in [7, 11) is 2.45. The molecule has 0 aliphatic carbocycles. The number of rotatable bonds is 12. The summed E-state index contributed by atoms with van der Waals surface area (Å²) in [5, 5.41) is 22.4. The third-order valence-corrected chi connectivity index (χ3v) is 8.90. The monoisotopic (exact) mass is 918 g/mol. The number of methoxy groups -OCH3 is 2. The van der Waals surface area contributed by atoms with Gasteiger partial charge in [-0.05, 0) is 97.9 Å². The molecule has 0 fully saturated rings. The molecule has 0 saturated carbocycles. The summed E-state index contributed by atoms with van der Waals surface area (Å²) < 4.78 is 30.8. The van der Waals surface area contributed by atoms with Gasteiger partial charge in [0.15, 0.2) is 12.7 Å². The molecule has 0 aliphatic heterocycles. The normalized spacial score (nSPS) is 10.7. The summed E-state index contributed by atoms with van der Waals surface area (Å²) in [6.45, 7) is 1.22. The van der Waals surface area contributed by atoms with E-state index in [1.807, 2.05) is 0 Å². The van der Waals surface area contributed by atoms with Gasteiger partial charge in [0.1, 0.15) is 45.6 Å². The molecule has 0 amide bonds. The summed E-state index contributed by atoms with van der Waals surface area (Å²) in [6, 6.07) is 27.0. The molecule has 312 valence electrons. The number of carboxylic acid groups (broad SMARTS) is 1. The Morgan fingerprint density at radius 3 is 1.83 bits per heavy atom. The molecule has 1 atom stereocenters. The molecule has 0 saturated heterocycles. The van der Waals surface area contributed by atoms with Gasteiger partial charge in [0, 0.05) is 33.8 Å². The molecule has 0 aliphatic rings. The van der Waals surface area contributed by atoms with Gasteiger partial charge in [-0.1, -0.05) is 58.0 Å². The van der Waals surface area contributed by atoms with Crippen LogP contribution in [0.5, 0.6) is 34.5 Å². The standard InChI is InChI=1S/C16H14Cl2O4.C14H9Cl2NO5.C11H8ClNO3/c1-10(16(19)20-2)21-12-4-6-13(7-5-12)22-15-8-3-11(17)9-14(15)18;1-21-14(18)10-7-9(3-4-12(10)17(19)20)22-13-5-2-8(15)6-11(13)16;12-8-3-4-9(16-6-10(14)15)11-7(8)2-1-5-13-11/h3-10H,1-2H3;2-7H,1H3;1-5H,6H2,(H,14,15). The Morgan fingerprint density at radius 1 is 0.717 bits per heavy atom. The first kappa shape index (κ1) is 46.7. The summed E-state index contributed by atoms with van der Waals surface area (Å²) in [4.78, 5) is 47.7. The highest BCUT2D eigenvalue weighted by atomic mass is 35.5. The van der Waals surface area contributed by atoms with Crippen molar-refractivity contribution >= 4 is 92.5 Å². The van der Waals surface area contributed by atoms with Crippen LogP contribution >= 0.6 is 58.0 Å². The van der Waals surface area contributed by atoms with Gasteiger partial charge >= 0.3 is 17.9 Å². The molecular formula is C41H31Cl5N2O12. The van der Waals surface area contributed by atoms with E-state index in [4.69, 9.17) is 82.1 Å². The molecule has 6 rings (SSSR count). The minimum atomic E-state index is -1.03. The second-order valence-corrected chi connectivity index (χ2v) is 13.8. The fourth-order valence-corrected chi connectivity index (χ4v) is 5.86. The zero-order valence-corrected chi connectivity index (χ0v) is 35.2. The maximum Gasteiger partial charge on any atom is 0.346 e. The highest BCUT2D eigenvalue weighted by Crippen LogP contribution is 2.35. The summed E-state index contributed by atoms with van der Waals surface area (Å²) in [6.07, 6.45) is 0.925. The van der Waals surface area contributed by atoms with E-state index in [0.29, 0.717) is 54.4 Å². The molecule has 1 aromatic heterocycles. The van der Waals surface area contributed by atoms with Crippen LogP contribution < -0.4 is 18.9 Å². The minimum Gasteiger partial charge on any atom is -0.480 e. The summed E-state index contributed by atoms with van der Waals surface area (Å²) in [5.41, 5.74) is -0.0206. The van der Waals surface area contributed by atoms with Crippen molar-refractivity contribution in [1.29, 1.82) is 0 Å². The second kappa shape index (κ2) is 22.4. The number of carboxylic acids is 1. The zero-order valence-electron chi connectivity index (χ0n) is 31.4. The average Bonchev–Trinajstić information content (AvgIpc) is 3.23. The van der Waals surface area contributed by atoms with E-state index in [2.05, 4.69) is 14.5 Å². The predicted molar refractivity (Wildman–Crippen MR) is 226 cm³/mol. The fourth-order valence-electron chi connectivity index (χ4n) is 4.75. The Balaban J connectivity index is 0.000000201. The first-order valence-corrected chi connectivity index (χ1v) is 18.8. The number of halogens is 5. The lowest BCUT2D eigenvalue weighted by Crippen LogP contribution is -2.24. The van der Waals surface area contributed by atoms with E-state index >= 15 is 0 Å². The third-order valence-electron chi connectivity index (χ3n) is 7.51. The largest absolute Gasteiger partial charge is 0.480 e. The molecule has 0 radical (unpaired) electrons. The van der Waals surface area contributed by atoms with E-state index in [-0.39, 0.29) is 22.0 Å². The first-order valence-electron chi connectivity index (χ1n) is 16.9. The molecule has 6 aromatic rings. The summed E-state index contributed by atoms with van der Waals surface area (Å²) in [5.74, 6) is 0.248. The molecule has 19 heteroatoms. The molecule has 1 unspecified atom stereocenters. The molecular weight excluding hydrogens is 890 g/mol. The maximum absolute atomic E-state index is 11.6. The van der Waals surface area contributed by atoms with Crippen LogP contribution in [0.3, 0.4) is 0 Å². The lowest BCUT2D eigenvalue weighted by molar-refractivity contribution is -0.385. The Bertz CT molecular complexity index is 2490. The number of nitro benzene ring substituents is 1. The van der Waals surface area contributed by atoms with Crippen molar-refractivity contribution in [2.24, 2.45) is 0 Å². The van der Waals surface area contributed by atoms with E-state index in [1.165, 1.54) is 25.3 Å². The van der Waals surface area contributed by atoms with Gasteiger partial charge in [-0.25, -0.2) is 14.4 Å². The van der Waals surface area contributed by atoms with Crippen LogP contribution in [0.15, 0.2) is 109 Å². The topological polar surface area (TPSA) is 183 Å². The first-order chi connectivity index (χ1) is 28.6. The molecule has 1 N–H and O–H groups in total. The quantitative estimate of drug-likeness (QED) is 0.0696. The third kappa shape index (κ3) is 13.5. The van der Waals surface area contributed by atoms with Gasteiger partial charge in [-0.3, -0.25) is 15.1 Å². The number of ether oxygens (including phenoxy) is 6. The molecule has 0 spiro atoms. The predicted octanol–water partition coefficient (Wildman–Crippen LogP) is 11.6. The number of hydrogen-bond acceptors (Lipinski definition) is 12. The van der Waals surface area contributed by atoms with Crippen LogP contribution in [0.2, 0.25) is 25.1 Å². The van der Waals surface area contributed by atoms with Gasteiger partial charge in [-0.2, -0.15) is 0 Å². The molecule has 14 nitrogen and oxygen atoms in total. The SMILES string of the molecule is COC(=O)C(C)Oc1ccc(Oc2ccc(Cl)cc2Cl)cc1.COC(=O)c1cc(Oc2ccc(Cl)cc2Cl)ccc1[N+](=O)[O-].O=C(O)COc1ccc(Cl)c2cccnc12. The fraction of sp³-hybridized carbons (Fsp3) is 0.122. The second-order valence-electron chi connectivity index (χ2n) is 11.7. The number of nitrogens with zero attached hydrogens (tertiary/aromatic N) is 2. The number of hydrogen-bond donors (Lipinski definition) is 1. The highest BCUT2D eigenvalue weighted by molar-refractivity contribution is 6.36. The van der Waals surface area contributed by atoms with Crippen LogP contribution in [-0.4, -0.2) is 59.9 Å². The number of fused-ring (bicyclic) bond motifs is 1. The van der Waals surface area contributed by atoms with Gasteiger partial charge in [0.25, 0.3) is 5.69 Å². The van der Waals surface area contributed by atoms with Crippen LogP contribution in [0.4, 0.5) is 5.69 Å². The van der Waals surface area contributed by atoms with E-state index in [9.17, 15) is 24.5 Å². The van der Waals surface area contributed by atoms with Gasteiger partial charge in [-0.15, -0.1) is 0 Å². The van der Waals surface area contributed by atoms with Gasteiger partial charge in [0.2, 0.25) is 0 Å². The number of benzene rings is 5. The smallest absolute Gasteiger partial charge is 0.346 e. The van der Waals surface area contributed by atoms with Crippen molar-refractivity contribution in [3.63, 3.8) is 0 Å². The number of carbonyl (C=O) groups excluding carboxylic acids is 2. The van der Waals surface area contributed by atoms with Gasteiger partial charge < -0.3 is 33.5 Å².